The number of hydrogen-bond acceptors (Lipinski definition) is 4. The van der Waals surface area contributed by atoms with E-state index in [1.807, 2.05) is 0 Å². The molecule has 0 saturated carbocycles. The zero-order valence-electron chi connectivity index (χ0n) is 46.5. The number of rotatable bonds is 59. The normalized spacial score (nSPS) is 13.2. The molecule has 5 heteroatoms. The number of amides is 1. The van der Waals surface area contributed by atoms with Gasteiger partial charge in [-0.3, -0.25) is 4.79 Å². The fourth-order valence-electron chi connectivity index (χ4n) is 10.3. The summed E-state index contributed by atoms with van der Waals surface area (Å²) in [5.41, 5.74) is 0. The largest absolute Gasteiger partial charge is 0.394 e. The Bertz CT molecular complexity index is 971. The van der Waals surface area contributed by atoms with Crippen LogP contribution in [0, 0.1) is 0 Å². The minimum Gasteiger partial charge on any atom is -0.394 e. The van der Waals surface area contributed by atoms with E-state index in [9.17, 15) is 20.1 Å². The van der Waals surface area contributed by atoms with Crippen molar-refractivity contribution in [2.75, 3.05) is 6.61 Å². The van der Waals surface area contributed by atoms with Crippen molar-refractivity contribution in [3.05, 3.63) is 12.2 Å². The van der Waals surface area contributed by atoms with E-state index in [-0.39, 0.29) is 6.61 Å². The van der Waals surface area contributed by atoms with Gasteiger partial charge in [-0.1, -0.05) is 334 Å². The molecule has 0 aliphatic heterocycles. The Morgan fingerprint density at radius 2 is 0.559 bits per heavy atom. The average molecular weight is 961 g/mol. The molecule has 0 aromatic heterocycles. The van der Waals surface area contributed by atoms with Crippen molar-refractivity contribution in [2.45, 2.75) is 379 Å². The van der Waals surface area contributed by atoms with E-state index in [2.05, 4.69) is 31.3 Å². The highest BCUT2D eigenvalue weighted by atomic mass is 16.3. The second-order valence-corrected chi connectivity index (χ2v) is 22.0. The van der Waals surface area contributed by atoms with Crippen LogP contribution in [0.4, 0.5) is 0 Å². The number of carbonyl (C=O) groups excluding carboxylic acids is 1. The van der Waals surface area contributed by atoms with Crippen LogP contribution in [0.25, 0.3) is 0 Å². The number of aliphatic hydroxyl groups is 3. The monoisotopic (exact) mass is 960 g/mol. The third-order valence-corrected chi connectivity index (χ3v) is 15.1. The molecule has 0 saturated heterocycles. The maximum absolute atomic E-state index is 12.6. The number of carbonyl (C=O) groups is 1. The molecule has 0 bridgehead atoms. The SMILES string of the molecule is CCCCCCCCCCCCCCCC/C=C\CCCCCCCCCCCCCCCCCCC(O)C(=O)NC(CO)C(O)CCCCCCCCCCCCCCCCCCCCCC. The Morgan fingerprint density at radius 1 is 0.338 bits per heavy atom. The van der Waals surface area contributed by atoms with Crippen molar-refractivity contribution in [1.82, 2.24) is 5.32 Å². The third kappa shape index (κ3) is 52.9. The number of aliphatic hydroxyl groups excluding tert-OH is 3. The summed E-state index contributed by atoms with van der Waals surface area (Å²) in [6.45, 7) is 4.28. The Balaban J connectivity index is 3.46. The van der Waals surface area contributed by atoms with Crippen molar-refractivity contribution < 1.29 is 20.1 Å². The predicted octanol–water partition coefficient (Wildman–Crippen LogP) is 19.8. The summed E-state index contributed by atoms with van der Waals surface area (Å²) in [5, 5.41) is 33.6. The number of allylic oxidation sites excluding steroid dienone is 2. The van der Waals surface area contributed by atoms with E-state index in [4.69, 9.17) is 0 Å². The molecule has 0 rings (SSSR count). The summed E-state index contributed by atoms with van der Waals surface area (Å²) in [6.07, 6.45) is 74.3. The molecule has 68 heavy (non-hydrogen) atoms. The van der Waals surface area contributed by atoms with Gasteiger partial charge in [-0.2, -0.15) is 0 Å². The minimum absolute atomic E-state index is 0.309. The van der Waals surface area contributed by atoms with E-state index >= 15 is 0 Å². The highest BCUT2D eigenvalue weighted by Crippen LogP contribution is 2.19. The molecule has 4 N–H and O–H groups in total. The fourth-order valence-corrected chi connectivity index (χ4v) is 10.3. The van der Waals surface area contributed by atoms with Crippen LogP contribution in [0.1, 0.15) is 361 Å². The molecule has 0 aliphatic rings. The summed E-state index contributed by atoms with van der Waals surface area (Å²) in [7, 11) is 0. The summed E-state index contributed by atoms with van der Waals surface area (Å²) in [4.78, 5) is 12.6. The summed E-state index contributed by atoms with van der Waals surface area (Å²) < 4.78 is 0. The maximum atomic E-state index is 12.6. The molecule has 5 nitrogen and oxygen atoms in total. The lowest BCUT2D eigenvalue weighted by Crippen LogP contribution is -2.49. The van der Waals surface area contributed by atoms with Crippen LogP contribution in [-0.2, 0) is 4.79 Å². The molecular weight excluding hydrogens is 835 g/mol. The van der Waals surface area contributed by atoms with Crippen molar-refractivity contribution in [3.8, 4) is 0 Å². The second kappa shape index (κ2) is 58.7. The lowest BCUT2D eigenvalue weighted by atomic mass is 10.0. The van der Waals surface area contributed by atoms with Gasteiger partial charge in [0.1, 0.15) is 6.10 Å². The number of hydrogen-bond donors (Lipinski definition) is 4. The quantitative estimate of drug-likeness (QED) is 0.0361. The summed E-state index contributed by atoms with van der Waals surface area (Å²) in [6, 6.07) is -0.710. The van der Waals surface area contributed by atoms with E-state index in [1.165, 1.54) is 302 Å². The lowest BCUT2D eigenvalue weighted by Gasteiger charge is -2.23. The standard InChI is InChI=1S/C63H125NO4/c1-3-5-7-9-11-13-15-17-19-21-23-25-26-27-28-29-30-31-32-33-34-35-36-37-38-40-42-44-46-48-50-52-54-56-58-62(67)63(68)64-60(59-65)61(66)57-55-53-51-49-47-45-43-41-39-24-22-20-18-16-14-12-10-8-6-4-2/h29-30,60-62,65-67H,3-28,31-59H2,1-2H3,(H,64,68)/b30-29-. The van der Waals surface area contributed by atoms with Crippen LogP contribution in [0.2, 0.25) is 0 Å². The van der Waals surface area contributed by atoms with Gasteiger partial charge in [0.15, 0.2) is 0 Å². The number of nitrogens with one attached hydrogen (secondary N) is 1. The van der Waals surface area contributed by atoms with Crippen molar-refractivity contribution in [1.29, 1.82) is 0 Å². The first-order valence-electron chi connectivity index (χ1n) is 31.5. The molecule has 0 aromatic rings. The van der Waals surface area contributed by atoms with Gasteiger partial charge in [-0.05, 0) is 38.5 Å². The molecule has 3 atom stereocenters. The van der Waals surface area contributed by atoms with Crippen LogP contribution in [0.3, 0.4) is 0 Å². The zero-order chi connectivity index (χ0) is 49.3. The first kappa shape index (κ1) is 67.1. The molecule has 0 radical (unpaired) electrons. The van der Waals surface area contributed by atoms with E-state index in [0.29, 0.717) is 12.8 Å². The van der Waals surface area contributed by atoms with Gasteiger partial charge in [0, 0.05) is 0 Å². The van der Waals surface area contributed by atoms with Crippen LogP contribution < -0.4 is 5.32 Å². The van der Waals surface area contributed by atoms with E-state index < -0.39 is 24.2 Å². The molecule has 3 unspecified atom stereocenters. The van der Waals surface area contributed by atoms with Gasteiger partial charge in [0.2, 0.25) is 5.91 Å². The Morgan fingerprint density at radius 3 is 0.809 bits per heavy atom. The second-order valence-electron chi connectivity index (χ2n) is 22.0. The minimum atomic E-state index is -1.07. The summed E-state index contributed by atoms with van der Waals surface area (Å²) >= 11 is 0. The van der Waals surface area contributed by atoms with E-state index in [1.54, 1.807) is 0 Å². The Kier molecular flexibility index (Phi) is 57.9. The molecular formula is C63H125NO4. The highest BCUT2D eigenvalue weighted by Gasteiger charge is 2.23. The Labute approximate surface area is 427 Å². The van der Waals surface area contributed by atoms with Crippen molar-refractivity contribution in [3.63, 3.8) is 0 Å². The van der Waals surface area contributed by atoms with Gasteiger partial charge < -0.3 is 20.6 Å². The van der Waals surface area contributed by atoms with Crippen LogP contribution >= 0.6 is 0 Å². The number of unbranched alkanes of at least 4 members (excludes halogenated alkanes) is 49. The Hall–Kier alpha value is -0.910. The van der Waals surface area contributed by atoms with Gasteiger partial charge in [-0.25, -0.2) is 0 Å². The van der Waals surface area contributed by atoms with Crippen LogP contribution in [0.5, 0.6) is 0 Å². The smallest absolute Gasteiger partial charge is 0.249 e. The maximum Gasteiger partial charge on any atom is 0.249 e. The molecule has 0 fully saturated rings. The fraction of sp³-hybridized carbons (Fsp3) is 0.952. The zero-order valence-corrected chi connectivity index (χ0v) is 46.5. The van der Waals surface area contributed by atoms with Gasteiger partial charge in [0.05, 0.1) is 18.8 Å². The molecule has 0 aromatic carbocycles. The molecule has 406 valence electrons. The average Bonchev–Trinajstić information content (AvgIpc) is 3.34. The highest BCUT2D eigenvalue weighted by molar-refractivity contribution is 5.80. The molecule has 0 heterocycles. The third-order valence-electron chi connectivity index (χ3n) is 15.1. The molecule has 1 amide bonds. The first-order chi connectivity index (χ1) is 33.6. The van der Waals surface area contributed by atoms with Crippen molar-refractivity contribution >= 4 is 5.91 Å². The first-order valence-corrected chi connectivity index (χ1v) is 31.5. The van der Waals surface area contributed by atoms with Gasteiger partial charge in [-0.15, -0.1) is 0 Å². The summed E-state index contributed by atoms with van der Waals surface area (Å²) in [5.74, 6) is -0.463. The van der Waals surface area contributed by atoms with Gasteiger partial charge >= 0.3 is 0 Å². The van der Waals surface area contributed by atoms with Gasteiger partial charge in [0.25, 0.3) is 0 Å². The molecule has 0 aliphatic carbocycles. The topological polar surface area (TPSA) is 89.8 Å². The predicted molar refractivity (Wildman–Crippen MR) is 301 cm³/mol. The lowest BCUT2D eigenvalue weighted by molar-refractivity contribution is -0.131. The molecule has 0 spiro atoms. The van der Waals surface area contributed by atoms with E-state index in [0.717, 1.165) is 32.1 Å². The van der Waals surface area contributed by atoms with Crippen LogP contribution in [-0.4, -0.2) is 46.1 Å². The van der Waals surface area contributed by atoms with Crippen molar-refractivity contribution in [2.24, 2.45) is 0 Å². The van der Waals surface area contributed by atoms with Crippen LogP contribution in [0.15, 0.2) is 12.2 Å².